The number of rotatable bonds is 4. The normalized spacial score (nSPS) is 18.6. The number of hydrogen-bond acceptors (Lipinski definition) is 2. The monoisotopic (exact) mass is 294 g/mol. The molecule has 0 spiro atoms. The number of carbonyl (C=O) groups is 1. The van der Waals surface area contributed by atoms with Crippen LogP contribution in [0.25, 0.3) is 0 Å². The van der Waals surface area contributed by atoms with E-state index in [4.69, 9.17) is 5.73 Å². The molecule has 0 heterocycles. The summed E-state index contributed by atoms with van der Waals surface area (Å²) in [5, 5.41) is 2.96. The van der Waals surface area contributed by atoms with E-state index in [0.29, 0.717) is 12.5 Å². The maximum atomic E-state index is 12.1. The van der Waals surface area contributed by atoms with Gasteiger partial charge in [0, 0.05) is 18.2 Å². The van der Waals surface area contributed by atoms with Crippen molar-refractivity contribution in [1.82, 2.24) is 5.32 Å². The Morgan fingerprint density at radius 3 is 2.65 bits per heavy atom. The van der Waals surface area contributed by atoms with E-state index in [-0.39, 0.29) is 24.4 Å². The van der Waals surface area contributed by atoms with Gasteiger partial charge >= 0.3 is 0 Å². The Kier molecular flexibility index (Phi) is 5.06. The smallest absolute Gasteiger partial charge is 0.251 e. The molecule has 1 atom stereocenters. The van der Waals surface area contributed by atoms with E-state index in [2.05, 4.69) is 17.4 Å². The molecule has 2 aliphatic carbocycles. The van der Waals surface area contributed by atoms with Gasteiger partial charge in [0.05, 0.1) is 0 Å². The fourth-order valence-corrected chi connectivity index (χ4v) is 2.88. The largest absolute Gasteiger partial charge is 0.350 e. The summed E-state index contributed by atoms with van der Waals surface area (Å²) in [6.07, 6.45) is 7.22. The number of halogens is 1. The molecule has 20 heavy (non-hydrogen) atoms. The first kappa shape index (κ1) is 15.3. The van der Waals surface area contributed by atoms with Crippen LogP contribution in [0.1, 0.15) is 47.2 Å². The number of benzene rings is 1. The zero-order valence-corrected chi connectivity index (χ0v) is 12.5. The number of hydrogen-bond donors (Lipinski definition) is 2. The van der Waals surface area contributed by atoms with Crippen LogP contribution in [0, 0.1) is 5.92 Å². The first-order valence-electron chi connectivity index (χ1n) is 7.39. The molecule has 4 heteroatoms. The van der Waals surface area contributed by atoms with Gasteiger partial charge in [0.1, 0.15) is 0 Å². The molecule has 0 bridgehead atoms. The third kappa shape index (κ3) is 3.53. The van der Waals surface area contributed by atoms with Gasteiger partial charge in [-0.1, -0.05) is 6.07 Å². The van der Waals surface area contributed by atoms with Crippen molar-refractivity contribution in [2.45, 2.75) is 44.6 Å². The fraction of sp³-hybridized carbons (Fsp3) is 0.562. The quantitative estimate of drug-likeness (QED) is 0.896. The number of carbonyl (C=O) groups excluding carboxylic acids is 1. The van der Waals surface area contributed by atoms with E-state index in [1.165, 1.54) is 36.8 Å². The molecule has 3 nitrogen and oxygen atoms in total. The molecule has 0 aliphatic heterocycles. The summed E-state index contributed by atoms with van der Waals surface area (Å²) < 4.78 is 0. The Morgan fingerprint density at radius 1 is 1.25 bits per heavy atom. The number of aryl methyl sites for hydroxylation is 2. The summed E-state index contributed by atoms with van der Waals surface area (Å²) >= 11 is 0. The molecule has 1 unspecified atom stereocenters. The van der Waals surface area contributed by atoms with E-state index in [0.717, 1.165) is 18.4 Å². The van der Waals surface area contributed by atoms with Crippen LogP contribution in [0.2, 0.25) is 0 Å². The minimum absolute atomic E-state index is 0. The highest BCUT2D eigenvalue weighted by molar-refractivity contribution is 5.94. The second kappa shape index (κ2) is 6.59. The van der Waals surface area contributed by atoms with Gasteiger partial charge in [-0.2, -0.15) is 0 Å². The first-order chi connectivity index (χ1) is 9.24. The van der Waals surface area contributed by atoms with E-state index >= 15 is 0 Å². The maximum absolute atomic E-state index is 12.1. The Bertz CT molecular complexity index is 485. The minimum atomic E-state index is 0. The van der Waals surface area contributed by atoms with Gasteiger partial charge in [0.25, 0.3) is 5.91 Å². The number of nitrogens with one attached hydrogen (secondary N) is 1. The van der Waals surface area contributed by atoms with Gasteiger partial charge in [0.2, 0.25) is 0 Å². The van der Waals surface area contributed by atoms with Crippen molar-refractivity contribution in [1.29, 1.82) is 0 Å². The van der Waals surface area contributed by atoms with Crippen molar-refractivity contribution in [3.63, 3.8) is 0 Å². The Balaban J connectivity index is 0.00000147. The highest BCUT2D eigenvalue weighted by Crippen LogP contribution is 2.31. The van der Waals surface area contributed by atoms with Crippen LogP contribution in [0.15, 0.2) is 18.2 Å². The van der Waals surface area contributed by atoms with Gasteiger partial charge < -0.3 is 11.1 Å². The van der Waals surface area contributed by atoms with Crippen LogP contribution >= 0.6 is 12.4 Å². The van der Waals surface area contributed by atoms with Crippen LogP contribution in [-0.4, -0.2) is 18.5 Å². The Labute approximate surface area is 126 Å². The molecule has 1 amide bonds. The summed E-state index contributed by atoms with van der Waals surface area (Å²) in [5.74, 6) is 0.647. The fourth-order valence-electron chi connectivity index (χ4n) is 2.88. The lowest BCUT2D eigenvalue weighted by molar-refractivity contribution is 0.0950. The van der Waals surface area contributed by atoms with Crippen molar-refractivity contribution in [2.24, 2.45) is 11.7 Å². The lowest BCUT2D eigenvalue weighted by atomic mass is 9.90. The number of nitrogens with two attached hydrogens (primary N) is 1. The predicted octanol–water partition coefficient (Wildman–Crippen LogP) is 2.45. The average molecular weight is 295 g/mol. The van der Waals surface area contributed by atoms with Gasteiger partial charge in [-0.05, 0) is 67.7 Å². The summed E-state index contributed by atoms with van der Waals surface area (Å²) in [4.78, 5) is 12.1. The molecule has 3 N–H and O–H groups in total. The van der Waals surface area contributed by atoms with Crippen LogP contribution in [0.5, 0.6) is 0 Å². The molecule has 110 valence electrons. The lowest BCUT2D eigenvalue weighted by Crippen LogP contribution is -2.38. The second-order valence-electron chi connectivity index (χ2n) is 5.90. The molecule has 1 aromatic carbocycles. The average Bonchev–Trinajstić information content (AvgIpc) is 3.28. The molecule has 2 aliphatic rings. The molecule has 1 fully saturated rings. The van der Waals surface area contributed by atoms with Crippen molar-refractivity contribution < 1.29 is 4.79 Å². The zero-order valence-electron chi connectivity index (χ0n) is 11.7. The van der Waals surface area contributed by atoms with Crippen molar-refractivity contribution in [3.05, 3.63) is 34.9 Å². The van der Waals surface area contributed by atoms with E-state index in [1.54, 1.807) is 0 Å². The van der Waals surface area contributed by atoms with E-state index in [1.807, 2.05) is 6.07 Å². The Hall–Kier alpha value is -1.06. The third-order valence-electron chi connectivity index (χ3n) is 4.34. The summed E-state index contributed by atoms with van der Waals surface area (Å²) in [5.41, 5.74) is 9.55. The van der Waals surface area contributed by atoms with E-state index < -0.39 is 0 Å². The molecule has 0 saturated heterocycles. The molecule has 1 aromatic rings. The standard InChI is InChI=1S/C16H22N2O.ClH/c17-15(12-6-7-12)10-18-16(19)14-8-5-11-3-1-2-4-13(11)9-14;/h5,8-9,12,15H,1-4,6-7,10,17H2,(H,18,19);1H. The minimum Gasteiger partial charge on any atom is -0.350 e. The van der Waals surface area contributed by atoms with Crippen molar-refractivity contribution in [2.75, 3.05) is 6.54 Å². The van der Waals surface area contributed by atoms with Gasteiger partial charge in [-0.3, -0.25) is 4.79 Å². The van der Waals surface area contributed by atoms with Gasteiger partial charge in [0.15, 0.2) is 0 Å². The molecule has 3 rings (SSSR count). The predicted molar refractivity (Wildman–Crippen MR) is 83.4 cm³/mol. The number of fused-ring (bicyclic) bond motifs is 1. The van der Waals surface area contributed by atoms with Crippen molar-refractivity contribution >= 4 is 18.3 Å². The van der Waals surface area contributed by atoms with Crippen LogP contribution < -0.4 is 11.1 Å². The highest BCUT2D eigenvalue weighted by Gasteiger charge is 2.28. The summed E-state index contributed by atoms with van der Waals surface area (Å²) in [7, 11) is 0. The van der Waals surface area contributed by atoms with Crippen LogP contribution in [-0.2, 0) is 12.8 Å². The molecule has 1 saturated carbocycles. The molecular formula is C16H23ClN2O. The maximum Gasteiger partial charge on any atom is 0.251 e. The summed E-state index contributed by atoms with van der Waals surface area (Å²) in [6, 6.07) is 6.25. The topological polar surface area (TPSA) is 55.1 Å². The molecule has 0 aromatic heterocycles. The zero-order chi connectivity index (χ0) is 13.2. The second-order valence-corrected chi connectivity index (χ2v) is 5.90. The molecule has 0 radical (unpaired) electrons. The SMILES string of the molecule is Cl.NC(CNC(=O)c1ccc2c(c1)CCCC2)C1CC1. The highest BCUT2D eigenvalue weighted by atomic mass is 35.5. The van der Waals surface area contributed by atoms with Crippen LogP contribution in [0.3, 0.4) is 0 Å². The van der Waals surface area contributed by atoms with Gasteiger partial charge in [-0.15, -0.1) is 12.4 Å². The Morgan fingerprint density at radius 2 is 1.95 bits per heavy atom. The summed E-state index contributed by atoms with van der Waals surface area (Å²) in [6.45, 7) is 0.598. The third-order valence-corrected chi connectivity index (χ3v) is 4.34. The van der Waals surface area contributed by atoms with Gasteiger partial charge in [-0.25, -0.2) is 0 Å². The lowest BCUT2D eigenvalue weighted by Gasteiger charge is -2.17. The van der Waals surface area contributed by atoms with E-state index in [9.17, 15) is 4.79 Å². The molecular weight excluding hydrogens is 272 g/mol. The number of amides is 1. The first-order valence-corrected chi connectivity index (χ1v) is 7.39. The van der Waals surface area contributed by atoms with Crippen LogP contribution in [0.4, 0.5) is 0 Å². The van der Waals surface area contributed by atoms with Crippen molar-refractivity contribution in [3.8, 4) is 0 Å².